The largest absolute Gasteiger partial charge is 0.464 e. The van der Waals surface area contributed by atoms with Crippen LogP contribution in [0.1, 0.15) is 43.3 Å². The quantitative estimate of drug-likeness (QED) is 0.757. The Morgan fingerprint density at radius 2 is 2.07 bits per heavy atom. The predicted octanol–water partition coefficient (Wildman–Crippen LogP) is 1.89. The Morgan fingerprint density at radius 3 is 2.57 bits per heavy atom. The van der Waals surface area contributed by atoms with E-state index in [-0.39, 0.29) is 0 Å². The minimum Gasteiger partial charge on any atom is -0.464 e. The van der Waals surface area contributed by atoms with Gasteiger partial charge in [0.2, 0.25) is 0 Å². The van der Waals surface area contributed by atoms with Crippen molar-refractivity contribution in [1.82, 2.24) is 0 Å². The summed E-state index contributed by atoms with van der Waals surface area (Å²) in [4.78, 5) is 0. The molecule has 1 heterocycles. The minimum atomic E-state index is -0.654. The number of hydrogen-bond acceptors (Lipinski definition) is 3. The van der Waals surface area contributed by atoms with Crippen LogP contribution < -0.4 is 5.73 Å². The number of rotatable bonds is 2. The molecule has 3 N–H and O–H groups in total. The van der Waals surface area contributed by atoms with Gasteiger partial charge in [0.15, 0.2) is 0 Å². The van der Waals surface area contributed by atoms with E-state index >= 15 is 0 Å². The van der Waals surface area contributed by atoms with Crippen LogP contribution in [0.4, 0.5) is 0 Å². The predicted molar refractivity (Wildman–Crippen MR) is 53.8 cm³/mol. The van der Waals surface area contributed by atoms with E-state index in [0.29, 0.717) is 5.76 Å². The van der Waals surface area contributed by atoms with Crippen molar-refractivity contribution < 1.29 is 9.52 Å². The fourth-order valence-electron chi connectivity index (χ4n) is 2.19. The summed E-state index contributed by atoms with van der Waals surface area (Å²) in [5.41, 5.74) is 5.67. The highest BCUT2D eigenvalue weighted by Crippen LogP contribution is 2.38. The van der Waals surface area contributed by atoms with Gasteiger partial charge < -0.3 is 15.3 Å². The summed E-state index contributed by atoms with van der Waals surface area (Å²) in [6, 6.07) is 3.67. The Kier molecular flexibility index (Phi) is 2.37. The van der Waals surface area contributed by atoms with Gasteiger partial charge in [-0.2, -0.15) is 0 Å². The third kappa shape index (κ3) is 1.57. The molecule has 2 rings (SSSR count). The third-order valence-electron chi connectivity index (χ3n) is 3.11. The van der Waals surface area contributed by atoms with Crippen molar-refractivity contribution in [3.63, 3.8) is 0 Å². The first-order valence-electron chi connectivity index (χ1n) is 5.15. The minimum absolute atomic E-state index is 0.468. The summed E-state index contributed by atoms with van der Waals surface area (Å²) in [7, 11) is 0. The Hall–Kier alpha value is -0.800. The van der Waals surface area contributed by atoms with Crippen molar-refractivity contribution in [1.29, 1.82) is 0 Å². The molecule has 0 spiro atoms. The van der Waals surface area contributed by atoms with Crippen LogP contribution in [-0.4, -0.2) is 10.6 Å². The lowest BCUT2D eigenvalue weighted by atomic mass is 9.90. The Morgan fingerprint density at radius 1 is 1.43 bits per heavy atom. The van der Waals surface area contributed by atoms with Gasteiger partial charge in [-0.15, -0.1) is 0 Å². The van der Waals surface area contributed by atoms with E-state index in [4.69, 9.17) is 10.2 Å². The van der Waals surface area contributed by atoms with Crippen molar-refractivity contribution in [3.05, 3.63) is 23.7 Å². The van der Waals surface area contributed by atoms with Gasteiger partial charge in [0, 0.05) is 5.54 Å². The zero-order chi connectivity index (χ0) is 10.2. The fourth-order valence-corrected chi connectivity index (χ4v) is 2.19. The highest BCUT2D eigenvalue weighted by Gasteiger charge is 2.39. The highest BCUT2D eigenvalue weighted by molar-refractivity contribution is 5.13. The molecule has 1 aromatic heterocycles. The van der Waals surface area contributed by atoms with Crippen LogP contribution in [0.2, 0.25) is 0 Å². The average molecular weight is 195 g/mol. The van der Waals surface area contributed by atoms with Crippen molar-refractivity contribution >= 4 is 0 Å². The second-order valence-electron chi connectivity index (χ2n) is 4.29. The van der Waals surface area contributed by atoms with Crippen LogP contribution >= 0.6 is 0 Å². The van der Waals surface area contributed by atoms with Gasteiger partial charge in [-0.3, -0.25) is 0 Å². The molecule has 78 valence electrons. The Balaban J connectivity index is 2.18. The van der Waals surface area contributed by atoms with Gasteiger partial charge in [-0.05, 0) is 31.9 Å². The van der Waals surface area contributed by atoms with Crippen LogP contribution in [0.15, 0.2) is 16.5 Å². The third-order valence-corrected chi connectivity index (χ3v) is 3.11. The van der Waals surface area contributed by atoms with Gasteiger partial charge in [0.1, 0.15) is 17.6 Å². The lowest BCUT2D eigenvalue weighted by molar-refractivity contribution is 0.0661. The van der Waals surface area contributed by atoms with Gasteiger partial charge in [0.25, 0.3) is 0 Å². The molecule has 0 radical (unpaired) electrons. The summed E-state index contributed by atoms with van der Waals surface area (Å²) in [6.07, 6.45) is 3.32. The van der Waals surface area contributed by atoms with Crippen LogP contribution in [0, 0.1) is 6.92 Å². The highest BCUT2D eigenvalue weighted by atomic mass is 16.4. The van der Waals surface area contributed by atoms with Crippen LogP contribution in [-0.2, 0) is 0 Å². The molecular weight excluding hydrogens is 178 g/mol. The molecule has 1 aliphatic carbocycles. The van der Waals surface area contributed by atoms with E-state index in [1.165, 1.54) is 0 Å². The second kappa shape index (κ2) is 3.41. The molecule has 1 aliphatic rings. The lowest BCUT2D eigenvalue weighted by Gasteiger charge is -2.28. The average Bonchev–Trinajstić information content (AvgIpc) is 2.74. The molecule has 14 heavy (non-hydrogen) atoms. The van der Waals surface area contributed by atoms with Gasteiger partial charge in [-0.25, -0.2) is 0 Å². The van der Waals surface area contributed by atoms with Crippen molar-refractivity contribution in [2.24, 2.45) is 5.73 Å². The molecule has 0 bridgehead atoms. The number of nitrogens with two attached hydrogens (primary N) is 1. The molecule has 0 amide bonds. The SMILES string of the molecule is Cc1ccc(C(O)C2(N)CCCC2)o1. The van der Waals surface area contributed by atoms with Crippen molar-refractivity contribution in [2.75, 3.05) is 0 Å². The summed E-state index contributed by atoms with van der Waals surface area (Å²) >= 11 is 0. The van der Waals surface area contributed by atoms with Gasteiger partial charge in [0.05, 0.1) is 0 Å². The second-order valence-corrected chi connectivity index (χ2v) is 4.29. The molecule has 1 saturated carbocycles. The monoisotopic (exact) mass is 195 g/mol. The first-order valence-corrected chi connectivity index (χ1v) is 5.15. The first kappa shape index (κ1) is 9.74. The van der Waals surface area contributed by atoms with E-state index in [1.54, 1.807) is 0 Å². The summed E-state index contributed by atoms with van der Waals surface area (Å²) in [5.74, 6) is 1.42. The zero-order valence-corrected chi connectivity index (χ0v) is 8.49. The Labute approximate surface area is 83.9 Å². The Bertz CT molecular complexity index is 313. The molecule has 1 fully saturated rings. The molecule has 0 saturated heterocycles. The molecule has 1 atom stereocenters. The summed E-state index contributed by atoms with van der Waals surface area (Å²) < 4.78 is 5.39. The normalized spacial score (nSPS) is 22.5. The number of aryl methyl sites for hydroxylation is 1. The van der Waals surface area contributed by atoms with E-state index in [9.17, 15) is 5.11 Å². The maximum atomic E-state index is 10.1. The van der Waals surface area contributed by atoms with Crippen molar-refractivity contribution in [3.8, 4) is 0 Å². The van der Waals surface area contributed by atoms with Crippen molar-refractivity contribution in [2.45, 2.75) is 44.2 Å². The molecular formula is C11H17NO2. The van der Waals surface area contributed by atoms with E-state index < -0.39 is 11.6 Å². The van der Waals surface area contributed by atoms with E-state index in [0.717, 1.165) is 31.4 Å². The number of furan rings is 1. The zero-order valence-electron chi connectivity index (χ0n) is 8.49. The van der Waals surface area contributed by atoms with Crippen LogP contribution in [0.3, 0.4) is 0 Å². The molecule has 1 unspecified atom stereocenters. The van der Waals surface area contributed by atoms with Gasteiger partial charge >= 0.3 is 0 Å². The number of aliphatic hydroxyl groups excluding tert-OH is 1. The molecule has 0 aliphatic heterocycles. The molecule has 1 aromatic rings. The van der Waals surface area contributed by atoms with Crippen LogP contribution in [0.25, 0.3) is 0 Å². The topological polar surface area (TPSA) is 59.4 Å². The van der Waals surface area contributed by atoms with Crippen LogP contribution in [0.5, 0.6) is 0 Å². The van der Waals surface area contributed by atoms with Gasteiger partial charge in [-0.1, -0.05) is 12.8 Å². The smallest absolute Gasteiger partial charge is 0.134 e. The lowest BCUT2D eigenvalue weighted by Crippen LogP contribution is -2.42. The maximum absolute atomic E-state index is 10.1. The number of aliphatic hydroxyl groups is 1. The van der Waals surface area contributed by atoms with E-state index in [1.807, 2.05) is 19.1 Å². The summed E-state index contributed by atoms with van der Waals surface area (Å²) in [6.45, 7) is 1.87. The molecule has 0 aromatic carbocycles. The summed E-state index contributed by atoms with van der Waals surface area (Å²) in [5, 5.41) is 10.1. The standard InChI is InChI=1S/C11H17NO2/c1-8-4-5-9(14-8)10(13)11(12)6-2-3-7-11/h4-5,10,13H,2-3,6-7,12H2,1H3. The molecule has 3 heteroatoms. The molecule has 3 nitrogen and oxygen atoms in total. The van der Waals surface area contributed by atoms with E-state index in [2.05, 4.69) is 0 Å². The first-order chi connectivity index (χ1) is 6.62. The fraction of sp³-hybridized carbons (Fsp3) is 0.636. The maximum Gasteiger partial charge on any atom is 0.134 e. The number of hydrogen-bond donors (Lipinski definition) is 2.